The molecule has 0 aliphatic heterocycles. The summed E-state index contributed by atoms with van der Waals surface area (Å²) in [5.41, 5.74) is 1.58. The number of aliphatic hydroxyl groups is 1. The lowest BCUT2D eigenvalue weighted by molar-refractivity contribution is 0.0576. The minimum Gasteiger partial charge on any atom is -0.392 e. The highest BCUT2D eigenvalue weighted by molar-refractivity contribution is 9.10. The molecule has 0 amide bonds. The van der Waals surface area contributed by atoms with Gasteiger partial charge in [0.15, 0.2) is 0 Å². The predicted octanol–water partition coefficient (Wildman–Crippen LogP) is 3.96. The van der Waals surface area contributed by atoms with Crippen molar-refractivity contribution in [3.63, 3.8) is 0 Å². The Morgan fingerprint density at radius 1 is 1.39 bits per heavy atom. The Morgan fingerprint density at radius 2 is 2.06 bits per heavy atom. The Kier molecular flexibility index (Phi) is 4.44. The van der Waals surface area contributed by atoms with Crippen LogP contribution in [0, 0.1) is 11.3 Å². The molecule has 3 heteroatoms. The molecule has 2 rings (SSSR count). The van der Waals surface area contributed by atoms with Crippen molar-refractivity contribution in [3.05, 3.63) is 28.5 Å². The van der Waals surface area contributed by atoms with Gasteiger partial charge in [-0.05, 0) is 64.6 Å². The molecule has 1 fully saturated rings. The van der Waals surface area contributed by atoms with E-state index < -0.39 is 0 Å². The van der Waals surface area contributed by atoms with E-state index in [1.807, 2.05) is 12.3 Å². The van der Waals surface area contributed by atoms with E-state index in [1.165, 1.54) is 12.8 Å². The van der Waals surface area contributed by atoms with Gasteiger partial charge in [0.25, 0.3) is 0 Å². The highest BCUT2D eigenvalue weighted by Crippen LogP contribution is 2.39. The van der Waals surface area contributed by atoms with Crippen LogP contribution in [-0.2, 0) is 6.42 Å². The molecular weight excluding hydrogens is 290 g/mol. The van der Waals surface area contributed by atoms with Crippen LogP contribution in [0.2, 0.25) is 0 Å². The van der Waals surface area contributed by atoms with Crippen LogP contribution >= 0.6 is 15.9 Å². The van der Waals surface area contributed by atoms with Crippen molar-refractivity contribution in [3.8, 4) is 0 Å². The average molecular weight is 312 g/mol. The molecule has 1 aromatic rings. The van der Waals surface area contributed by atoms with E-state index in [1.54, 1.807) is 6.20 Å². The summed E-state index contributed by atoms with van der Waals surface area (Å²) in [6.07, 6.45) is 8.87. The summed E-state index contributed by atoms with van der Waals surface area (Å²) in [6, 6.07) is 2.04. The van der Waals surface area contributed by atoms with Crippen LogP contribution in [0.15, 0.2) is 22.9 Å². The normalized spacial score (nSPS) is 21.8. The van der Waals surface area contributed by atoms with Crippen molar-refractivity contribution in [1.29, 1.82) is 0 Å². The predicted molar refractivity (Wildman–Crippen MR) is 77.4 cm³/mol. The zero-order chi connectivity index (χ0) is 13.2. The van der Waals surface area contributed by atoms with Crippen molar-refractivity contribution in [2.75, 3.05) is 0 Å². The van der Waals surface area contributed by atoms with Crippen molar-refractivity contribution in [2.24, 2.45) is 11.3 Å². The molecule has 0 saturated heterocycles. The first kappa shape index (κ1) is 14.0. The molecular formula is C15H22BrNO. The Morgan fingerprint density at radius 3 is 2.67 bits per heavy atom. The van der Waals surface area contributed by atoms with E-state index in [2.05, 4.69) is 34.8 Å². The average Bonchev–Trinajstić information content (AvgIpc) is 2.28. The van der Waals surface area contributed by atoms with Crippen LogP contribution in [-0.4, -0.2) is 16.2 Å². The maximum absolute atomic E-state index is 10.3. The summed E-state index contributed by atoms with van der Waals surface area (Å²) in [7, 11) is 0. The molecule has 1 aliphatic rings. The smallest absolute Gasteiger partial charge is 0.0609 e. The quantitative estimate of drug-likeness (QED) is 0.916. The second-order valence-electron chi connectivity index (χ2n) is 6.28. The van der Waals surface area contributed by atoms with Gasteiger partial charge in [0.1, 0.15) is 0 Å². The summed E-state index contributed by atoms with van der Waals surface area (Å²) in [5.74, 6) is 0.456. The molecule has 1 aliphatic carbocycles. The highest BCUT2D eigenvalue weighted by atomic mass is 79.9. The van der Waals surface area contributed by atoms with E-state index in [0.29, 0.717) is 11.3 Å². The first-order chi connectivity index (χ1) is 8.46. The number of hydrogen-bond acceptors (Lipinski definition) is 2. The van der Waals surface area contributed by atoms with Crippen molar-refractivity contribution in [2.45, 2.75) is 52.1 Å². The van der Waals surface area contributed by atoms with Crippen LogP contribution in [0.1, 0.15) is 45.1 Å². The Bertz CT molecular complexity index is 395. The van der Waals surface area contributed by atoms with Crippen LogP contribution in [0.4, 0.5) is 0 Å². The lowest BCUT2D eigenvalue weighted by atomic mass is 9.71. The molecule has 1 heterocycles. The Balaban J connectivity index is 1.91. The summed E-state index contributed by atoms with van der Waals surface area (Å²) < 4.78 is 0.983. The molecule has 1 unspecified atom stereocenters. The molecule has 0 bridgehead atoms. The topological polar surface area (TPSA) is 33.1 Å². The van der Waals surface area contributed by atoms with Crippen LogP contribution in [0.25, 0.3) is 0 Å². The molecule has 18 heavy (non-hydrogen) atoms. The van der Waals surface area contributed by atoms with E-state index in [0.717, 1.165) is 29.3 Å². The molecule has 0 radical (unpaired) electrons. The fraction of sp³-hybridized carbons (Fsp3) is 0.667. The Hall–Kier alpha value is -0.410. The monoisotopic (exact) mass is 311 g/mol. The van der Waals surface area contributed by atoms with Gasteiger partial charge in [0, 0.05) is 23.3 Å². The van der Waals surface area contributed by atoms with Crippen molar-refractivity contribution >= 4 is 15.9 Å². The summed E-state index contributed by atoms with van der Waals surface area (Å²) in [4.78, 5) is 4.15. The van der Waals surface area contributed by atoms with E-state index in [4.69, 9.17) is 0 Å². The van der Waals surface area contributed by atoms with Gasteiger partial charge in [-0.15, -0.1) is 0 Å². The summed E-state index contributed by atoms with van der Waals surface area (Å²) in [6.45, 7) is 4.65. The van der Waals surface area contributed by atoms with Gasteiger partial charge in [-0.2, -0.15) is 0 Å². The van der Waals surface area contributed by atoms with Gasteiger partial charge in [-0.25, -0.2) is 0 Å². The molecule has 100 valence electrons. The van der Waals surface area contributed by atoms with Gasteiger partial charge in [-0.3, -0.25) is 4.98 Å². The van der Waals surface area contributed by atoms with Crippen LogP contribution < -0.4 is 0 Å². The molecule has 1 atom stereocenters. The minimum atomic E-state index is -0.225. The third-order valence-electron chi connectivity index (χ3n) is 4.13. The van der Waals surface area contributed by atoms with E-state index in [-0.39, 0.29) is 6.10 Å². The van der Waals surface area contributed by atoms with Crippen molar-refractivity contribution in [1.82, 2.24) is 4.98 Å². The minimum absolute atomic E-state index is 0.225. The zero-order valence-electron chi connectivity index (χ0n) is 11.2. The third-order valence-corrected chi connectivity index (χ3v) is 4.57. The number of halogens is 1. The van der Waals surface area contributed by atoms with Crippen molar-refractivity contribution < 1.29 is 5.11 Å². The van der Waals surface area contributed by atoms with Gasteiger partial charge >= 0.3 is 0 Å². The molecule has 1 aromatic heterocycles. The maximum atomic E-state index is 10.3. The van der Waals surface area contributed by atoms with Gasteiger partial charge in [0.2, 0.25) is 0 Å². The second kappa shape index (κ2) is 5.70. The lowest BCUT2D eigenvalue weighted by Crippen LogP contribution is -2.30. The molecule has 2 nitrogen and oxygen atoms in total. The molecule has 1 N–H and O–H groups in total. The first-order valence-corrected chi connectivity index (χ1v) is 7.53. The number of aliphatic hydroxyl groups excluding tert-OH is 1. The third kappa shape index (κ3) is 3.79. The SMILES string of the molecule is CC1(C)CCC(C(O)Cc2cncc(Br)c2)CC1. The number of aromatic nitrogens is 1. The highest BCUT2D eigenvalue weighted by Gasteiger charge is 2.30. The number of hydrogen-bond donors (Lipinski definition) is 1. The second-order valence-corrected chi connectivity index (χ2v) is 7.20. The summed E-state index contributed by atoms with van der Waals surface area (Å²) in [5, 5.41) is 10.3. The maximum Gasteiger partial charge on any atom is 0.0609 e. The van der Waals surface area contributed by atoms with E-state index in [9.17, 15) is 5.11 Å². The fourth-order valence-corrected chi connectivity index (χ4v) is 3.19. The van der Waals surface area contributed by atoms with Gasteiger partial charge in [-0.1, -0.05) is 13.8 Å². The fourth-order valence-electron chi connectivity index (χ4n) is 2.78. The summed E-state index contributed by atoms with van der Waals surface area (Å²) >= 11 is 3.42. The standard InChI is InChI=1S/C15H22BrNO/c1-15(2)5-3-12(4-6-15)14(18)8-11-7-13(16)10-17-9-11/h7,9-10,12,14,18H,3-6,8H2,1-2H3. The first-order valence-electron chi connectivity index (χ1n) is 6.74. The molecule has 0 spiro atoms. The van der Waals surface area contributed by atoms with Gasteiger partial charge < -0.3 is 5.11 Å². The van der Waals surface area contributed by atoms with Crippen LogP contribution in [0.5, 0.6) is 0 Å². The zero-order valence-corrected chi connectivity index (χ0v) is 12.8. The van der Waals surface area contributed by atoms with Gasteiger partial charge in [0.05, 0.1) is 6.10 Å². The largest absolute Gasteiger partial charge is 0.392 e. The van der Waals surface area contributed by atoms with Crippen LogP contribution in [0.3, 0.4) is 0 Å². The number of rotatable bonds is 3. The number of pyridine rings is 1. The molecule has 0 aromatic carbocycles. The Labute approximate surface area is 118 Å². The lowest BCUT2D eigenvalue weighted by Gasteiger charge is -2.36. The number of nitrogens with zero attached hydrogens (tertiary/aromatic N) is 1. The molecule has 1 saturated carbocycles. The van der Waals surface area contributed by atoms with E-state index >= 15 is 0 Å².